The van der Waals surface area contributed by atoms with Gasteiger partial charge in [0.1, 0.15) is 5.82 Å². The molecule has 0 bridgehead atoms. The Kier molecular flexibility index (Phi) is 4.48. The van der Waals surface area contributed by atoms with Crippen molar-refractivity contribution in [3.8, 4) is 0 Å². The molecule has 19 heavy (non-hydrogen) atoms. The zero-order valence-corrected chi connectivity index (χ0v) is 12.6. The van der Waals surface area contributed by atoms with E-state index in [4.69, 9.17) is 22.3 Å². The molecule has 0 fully saturated rings. The Labute approximate surface area is 119 Å². The first kappa shape index (κ1) is 14.4. The number of nitrogens with zero attached hydrogens (tertiary/aromatic N) is 2. The van der Waals surface area contributed by atoms with Gasteiger partial charge < -0.3 is 10.3 Å². The lowest BCUT2D eigenvalue weighted by atomic mass is 9.94. The molecule has 0 aliphatic carbocycles. The van der Waals surface area contributed by atoms with E-state index in [1.165, 1.54) is 0 Å². The monoisotopic (exact) mass is 279 g/mol. The highest BCUT2D eigenvalue weighted by atomic mass is 35.5. The lowest BCUT2D eigenvalue weighted by molar-refractivity contribution is 0.406. The number of imidazole rings is 1. The second kappa shape index (κ2) is 5.93. The minimum Gasteiger partial charge on any atom is -0.331 e. The Morgan fingerprint density at radius 3 is 2.74 bits per heavy atom. The van der Waals surface area contributed by atoms with E-state index in [-0.39, 0.29) is 0 Å². The van der Waals surface area contributed by atoms with Crippen molar-refractivity contribution in [1.82, 2.24) is 9.55 Å². The molecule has 3 nitrogen and oxygen atoms in total. The molecule has 1 aromatic carbocycles. The molecule has 2 rings (SSSR count). The third-order valence-electron chi connectivity index (χ3n) is 3.54. The molecule has 4 heteroatoms. The Morgan fingerprint density at radius 1 is 1.37 bits per heavy atom. The molecule has 2 aromatic rings. The lowest BCUT2D eigenvalue weighted by Gasteiger charge is -2.16. The Balaban J connectivity index is 2.27. The molecule has 0 spiro atoms. The van der Waals surface area contributed by atoms with Crippen LogP contribution in [0.4, 0.5) is 0 Å². The lowest BCUT2D eigenvalue weighted by Crippen LogP contribution is -2.20. The van der Waals surface area contributed by atoms with E-state index in [0.717, 1.165) is 34.7 Å². The van der Waals surface area contributed by atoms with E-state index in [1.54, 1.807) is 0 Å². The van der Waals surface area contributed by atoms with Gasteiger partial charge in [-0.2, -0.15) is 0 Å². The third-order valence-corrected chi connectivity index (χ3v) is 3.78. The molecule has 104 valence electrons. The zero-order chi connectivity index (χ0) is 14.0. The van der Waals surface area contributed by atoms with Crippen molar-refractivity contribution >= 4 is 22.6 Å². The van der Waals surface area contributed by atoms with Gasteiger partial charge in [0, 0.05) is 18.5 Å². The Bertz CT molecular complexity index is 560. The van der Waals surface area contributed by atoms with Crippen LogP contribution in [0, 0.1) is 11.8 Å². The highest BCUT2D eigenvalue weighted by molar-refractivity contribution is 6.31. The summed E-state index contributed by atoms with van der Waals surface area (Å²) in [6.45, 7) is 5.18. The maximum atomic E-state index is 6.01. The van der Waals surface area contributed by atoms with Crippen molar-refractivity contribution in [3.63, 3.8) is 0 Å². The van der Waals surface area contributed by atoms with Gasteiger partial charge in [0.25, 0.3) is 0 Å². The molecule has 0 radical (unpaired) electrons. The molecule has 0 amide bonds. The summed E-state index contributed by atoms with van der Waals surface area (Å²) in [6, 6.07) is 5.85. The van der Waals surface area contributed by atoms with Crippen LogP contribution in [-0.4, -0.2) is 16.1 Å². The summed E-state index contributed by atoms with van der Waals surface area (Å²) in [4.78, 5) is 4.69. The number of fused-ring (bicyclic) bond motifs is 1. The second-order valence-corrected chi connectivity index (χ2v) is 6.09. The molecule has 0 aliphatic rings. The molecule has 1 heterocycles. The SMILES string of the molecule is CC(C)CC(CN)Cc1nc2cc(Cl)ccc2n1C. The van der Waals surface area contributed by atoms with Gasteiger partial charge in [-0.3, -0.25) is 0 Å². The van der Waals surface area contributed by atoms with E-state index in [2.05, 4.69) is 25.5 Å². The summed E-state index contributed by atoms with van der Waals surface area (Å²) in [6.07, 6.45) is 2.07. The van der Waals surface area contributed by atoms with Gasteiger partial charge in [-0.1, -0.05) is 25.4 Å². The van der Waals surface area contributed by atoms with Crippen LogP contribution >= 0.6 is 11.6 Å². The van der Waals surface area contributed by atoms with Crippen molar-refractivity contribution in [3.05, 3.63) is 29.0 Å². The fraction of sp³-hybridized carbons (Fsp3) is 0.533. The average Bonchev–Trinajstić information content (AvgIpc) is 2.64. The summed E-state index contributed by atoms with van der Waals surface area (Å²) in [5.74, 6) is 2.25. The van der Waals surface area contributed by atoms with Crippen LogP contribution in [0.25, 0.3) is 11.0 Å². The predicted molar refractivity (Wildman–Crippen MR) is 81.4 cm³/mol. The third kappa shape index (κ3) is 3.28. The van der Waals surface area contributed by atoms with Crippen LogP contribution in [0.1, 0.15) is 26.1 Å². The normalized spacial score (nSPS) is 13.4. The standard InChI is InChI=1S/C15H22ClN3/c1-10(2)6-11(9-17)7-15-18-13-8-12(16)4-5-14(13)19(15)3/h4-5,8,10-11H,6-7,9,17H2,1-3H3. The Hall–Kier alpha value is -1.06. The van der Waals surface area contributed by atoms with Crippen molar-refractivity contribution in [2.75, 3.05) is 6.54 Å². The van der Waals surface area contributed by atoms with Crippen molar-refractivity contribution in [1.29, 1.82) is 0 Å². The number of nitrogens with two attached hydrogens (primary N) is 1. The highest BCUT2D eigenvalue weighted by Crippen LogP contribution is 2.22. The predicted octanol–water partition coefficient (Wildman–Crippen LogP) is 3.39. The van der Waals surface area contributed by atoms with Gasteiger partial charge in [-0.05, 0) is 43.0 Å². The second-order valence-electron chi connectivity index (χ2n) is 5.66. The topological polar surface area (TPSA) is 43.8 Å². The van der Waals surface area contributed by atoms with Gasteiger partial charge in [0.15, 0.2) is 0 Å². The van der Waals surface area contributed by atoms with Crippen molar-refractivity contribution in [2.45, 2.75) is 26.7 Å². The first-order valence-corrected chi connectivity index (χ1v) is 7.20. The van der Waals surface area contributed by atoms with Gasteiger partial charge in [-0.15, -0.1) is 0 Å². The molecular formula is C15H22ClN3. The zero-order valence-electron chi connectivity index (χ0n) is 11.9. The van der Waals surface area contributed by atoms with Gasteiger partial charge in [0.05, 0.1) is 11.0 Å². The number of hydrogen-bond donors (Lipinski definition) is 1. The summed E-state index contributed by atoms with van der Waals surface area (Å²) in [5, 5.41) is 0.731. The van der Waals surface area contributed by atoms with E-state index < -0.39 is 0 Å². The summed E-state index contributed by atoms with van der Waals surface area (Å²) >= 11 is 6.01. The van der Waals surface area contributed by atoms with Crippen LogP contribution in [0.5, 0.6) is 0 Å². The summed E-state index contributed by atoms with van der Waals surface area (Å²) in [5.41, 5.74) is 7.97. The smallest absolute Gasteiger partial charge is 0.109 e. The van der Waals surface area contributed by atoms with Crippen LogP contribution in [0.2, 0.25) is 5.02 Å². The first-order chi connectivity index (χ1) is 9.01. The van der Waals surface area contributed by atoms with Crippen LogP contribution in [0.3, 0.4) is 0 Å². The largest absolute Gasteiger partial charge is 0.331 e. The van der Waals surface area contributed by atoms with Crippen LogP contribution in [-0.2, 0) is 13.5 Å². The van der Waals surface area contributed by atoms with E-state index in [9.17, 15) is 0 Å². The first-order valence-electron chi connectivity index (χ1n) is 6.82. The van der Waals surface area contributed by atoms with Crippen LogP contribution in [0.15, 0.2) is 18.2 Å². The fourth-order valence-electron chi connectivity index (χ4n) is 2.59. The Morgan fingerprint density at radius 2 is 2.11 bits per heavy atom. The quantitative estimate of drug-likeness (QED) is 0.912. The van der Waals surface area contributed by atoms with Crippen molar-refractivity contribution < 1.29 is 0 Å². The highest BCUT2D eigenvalue weighted by Gasteiger charge is 2.15. The number of rotatable bonds is 5. The van der Waals surface area contributed by atoms with Gasteiger partial charge in [-0.25, -0.2) is 4.98 Å². The average molecular weight is 280 g/mol. The number of aryl methyl sites for hydroxylation is 1. The molecule has 0 saturated carbocycles. The maximum Gasteiger partial charge on any atom is 0.109 e. The summed E-state index contributed by atoms with van der Waals surface area (Å²) in [7, 11) is 2.06. The molecule has 1 atom stereocenters. The van der Waals surface area contributed by atoms with Gasteiger partial charge in [0.2, 0.25) is 0 Å². The number of halogens is 1. The minimum absolute atomic E-state index is 0.492. The van der Waals surface area contributed by atoms with E-state index in [1.807, 2.05) is 18.2 Å². The molecule has 2 N–H and O–H groups in total. The maximum absolute atomic E-state index is 6.01. The van der Waals surface area contributed by atoms with Crippen molar-refractivity contribution in [2.24, 2.45) is 24.6 Å². The molecular weight excluding hydrogens is 258 g/mol. The summed E-state index contributed by atoms with van der Waals surface area (Å²) < 4.78 is 2.15. The molecule has 1 unspecified atom stereocenters. The van der Waals surface area contributed by atoms with E-state index >= 15 is 0 Å². The van der Waals surface area contributed by atoms with E-state index in [0.29, 0.717) is 18.4 Å². The fourth-order valence-corrected chi connectivity index (χ4v) is 2.76. The van der Waals surface area contributed by atoms with Gasteiger partial charge >= 0.3 is 0 Å². The number of aromatic nitrogens is 2. The molecule has 0 saturated heterocycles. The number of hydrogen-bond acceptors (Lipinski definition) is 2. The minimum atomic E-state index is 0.492. The molecule has 1 aromatic heterocycles. The number of benzene rings is 1. The van der Waals surface area contributed by atoms with Crippen LogP contribution < -0.4 is 5.73 Å². The molecule has 0 aliphatic heterocycles.